The molecule has 1 fully saturated rings. The Morgan fingerprint density at radius 1 is 1.25 bits per heavy atom. The van der Waals surface area contributed by atoms with Crippen molar-refractivity contribution in [2.75, 3.05) is 6.61 Å². The summed E-state index contributed by atoms with van der Waals surface area (Å²) in [5.41, 5.74) is 1.93. The molecule has 3 atom stereocenters. The summed E-state index contributed by atoms with van der Waals surface area (Å²) < 4.78 is 12.7. The van der Waals surface area contributed by atoms with Gasteiger partial charge in [0.05, 0.1) is 18.1 Å². The summed E-state index contributed by atoms with van der Waals surface area (Å²) in [4.78, 5) is 16.4. The van der Waals surface area contributed by atoms with E-state index in [-0.39, 0.29) is 24.2 Å². The van der Waals surface area contributed by atoms with Crippen LogP contribution in [-0.2, 0) is 10.2 Å². The monoisotopic (exact) mass is 384 g/mol. The molecule has 2 aromatic heterocycles. The molecule has 7 nitrogen and oxygen atoms in total. The number of ether oxygens (including phenoxy) is 1. The summed E-state index contributed by atoms with van der Waals surface area (Å²) in [7, 11) is 0. The van der Waals surface area contributed by atoms with Crippen molar-refractivity contribution in [2.24, 2.45) is 0 Å². The first-order valence-electron chi connectivity index (χ1n) is 9.34. The predicted molar refractivity (Wildman–Crippen MR) is 104 cm³/mol. The summed E-state index contributed by atoms with van der Waals surface area (Å²) in [6.07, 6.45) is -0.344. The van der Waals surface area contributed by atoms with E-state index in [0.717, 1.165) is 5.56 Å². The lowest BCUT2D eigenvalue weighted by atomic mass is 9.86. The number of hydrogen-bond acceptors (Lipinski definition) is 6. The number of benzene rings is 1. The van der Waals surface area contributed by atoms with E-state index in [1.165, 1.54) is 10.1 Å². The van der Waals surface area contributed by atoms with E-state index in [9.17, 15) is 15.0 Å². The van der Waals surface area contributed by atoms with Gasteiger partial charge in [-0.25, -0.2) is 4.79 Å². The Morgan fingerprint density at radius 3 is 2.57 bits per heavy atom. The van der Waals surface area contributed by atoms with Crippen molar-refractivity contribution >= 4 is 11.1 Å². The number of furan rings is 1. The Labute approximate surface area is 162 Å². The quantitative estimate of drug-likeness (QED) is 0.720. The fraction of sp³-hybridized carbons (Fsp3) is 0.429. The molecule has 1 aromatic carbocycles. The van der Waals surface area contributed by atoms with Crippen molar-refractivity contribution in [3.05, 3.63) is 52.6 Å². The van der Waals surface area contributed by atoms with Gasteiger partial charge in [0.2, 0.25) is 5.71 Å². The minimum Gasteiger partial charge on any atom is -0.437 e. The SMILES string of the molecule is CC(C)(C)c1ccc(-c2cc3cn([C@H]4C[C@H](O)[C@@H](CO)O4)c(=O)nc3o2)cc1. The van der Waals surface area contributed by atoms with Crippen molar-refractivity contribution in [1.29, 1.82) is 0 Å². The molecular formula is C21H24N2O5. The highest BCUT2D eigenvalue weighted by Crippen LogP contribution is 2.31. The molecule has 0 saturated carbocycles. The number of fused-ring (bicyclic) bond motifs is 1. The molecule has 1 saturated heterocycles. The first kappa shape index (κ1) is 18.9. The second kappa shape index (κ2) is 6.84. The third-order valence-electron chi connectivity index (χ3n) is 5.17. The fourth-order valence-electron chi connectivity index (χ4n) is 3.46. The van der Waals surface area contributed by atoms with Gasteiger partial charge in [-0.1, -0.05) is 45.0 Å². The number of hydrogen-bond donors (Lipinski definition) is 2. The minimum atomic E-state index is -0.821. The van der Waals surface area contributed by atoms with Crippen LogP contribution in [0.5, 0.6) is 0 Å². The van der Waals surface area contributed by atoms with Crippen LogP contribution in [0, 0.1) is 0 Å². The minimum absolute atomic E-state index is 0.0647. The molecule has 1 aliphatic rings. The molecule has 0 aliphatic carbocycles. The van der Waals surface area contributed by atoms with Gasteiger partial charge in [-0.2, -0.15) is 4.98 Å². The Morgan fingerprint density at radius 2 is 1.96 bits per heavy atom. The van der Waals surface area contributed by atoms with Crippen LogP contribution >= 0.6 is 0 Å². The van der Waals surface area contributed by atoms with Gasteiger partial charge in [0.15, 0.2) is 0 Å². The van der Waals surface area contributed by atoms with Crippen LogP contribution in [0.25, 0.3) is 22.4 Å². The van der Waals surface area contributed by atoms with Gasteiger partial charge in [0, 0.05) is 18.2 Å². The molecular weight excluding hydrogens is 360 g/mol. The van der Waals surface area contributed by atoms with Gasteiger partial charge in [-0.15, -0.1) is 0 Å². The van der Waals surface area contributed by atoms with Gasteiger partial charge in [0.1, 0.15) is 18.1 Å². The summed E-state index contributed by atoms with van der Waals surface area (Å²) in [5, 5.41) is 19.8. The Kier molecular flexibility index (Phi) is 4.61. The predicted octanol–water partition coefficient (Wildman–Crippen LogP) is 2.59. The molecule has 2 N–H and O–H groups in total. The van der Waals surface area contributed by atoms with Crippen LogP contribution in [0.2, 0.25) is 0 Å². The lowest BCUT2D eigenvalue weighted by molar-refractivity contribution is -0.0457. The summed E-state index contributed by atoms with van der Waals surface area (Å²) in [6.45, 7) is 6.17. The van der Waals surface area contributed by atoms with Crippen LogP contribution in [0.4, 0.5) is 0 Å². The first-order valence-corrected chi connectivity index (χ1v) is 9.34. The van der Waals surface area contributed by atoms with Gasteiger partial charge in [-0.05, 0) is 17.0 Å². The topological polar surface area (TPSA) is 97.7 Å². The highest BCUT2D eigenvalue weighted by Gasteiger charge is 2.35. The van der Waals surface area contributed by atoms with E-state index < -0.39 is 24.1 Å². The summed E-state index contributed by atoms with van der Waals surface area (Å²) >= 11 is 0. The van der Waals surface area contributed by atoms with Crippen molar-refractivity contribution in [3.63, 3.8) is 0 Å². The number of aromatic nitrogens is 2. The van der Waals surface area contributed by atoms with Crippen LogP contribution in [-0.4, -0.2) is 38.6 Å². The first-order chi connectivity index (χ1) is 13.3. The fourth-order valence-corrected chi connectivity index (χ4v) is 3.46. The van der Waals surface area contributed by atoms with Crippen LogP contribution < -0.4 is 5.69 Å². The van der Waals surface area contributed by atoms with Gasteiger partial charge < -0.3 is 19.4 Å². The molecule has 1 aliphatic heterocycles. The zero-order chi connectivity index (χ0) is 20.1. The van der Waals surface area contributed by atoms with E-state index in [1.807, 2.05) is 18.2 Å². The second-order valence-electron chi connectivity index (χ2n) is 8.24. The maximum absolute atomic E-state index is 12.4. The molecule has 0 radical (unpaired) electrons. The van der Waals surface area contributed by atoms with E-state index >= 15 is 0 Å². The maximum Gasteiger partial charge on any atom is 0.353 e. The molecule has 0 spiro atoms. The molecule has 4 rings (SSSR count). The second-order valence-corrected chi connectivity index (χ2v) is 8.24. The third-order valence-corrected chi connectivity index (χ3v) is 5.17. The molecule has 0 amide bonds. The number of aliphatic hydroxyl groups is 2. The zero-order valence-corrected chi connectivity index (χ0v) is 16.1. The smallest absolute Gasteiger partial charge is 0.353 e. The normalized spacial score (nSPS) is 22.8. The maximum atomic E-state index is 12.4. The Hall–Kier alpha value is -2.48. The molecule has 3 heterocycles. The molecule has 0 bridgehead atoms. The zero-order valence-electron chi connectivity index (χ0n) is 16.1. The van der Waals surface area contributed by atoms with E-state index in [0.29, 0.717) is 11.1 Å². The average Bonchev–Trinajstić information content (AvgIpc) is 3.23. The van der Waals surface area contributed by atoms with Gasteiger partial charge >= 0.3 is 5.69 Å². The van der Waals surface area contributed by atoms with Gasteiger partial charge in [0.25, 0.3) is 0 Å². The van der Waals surface area contributed by atoms with Crippen molar-refractivity contribution < 1.29 is 19.4 Å². The molecule has 28 heavy (non-hydrogen) atoms. The molecule has 3 aromatic rings. The molecule has 148 valence electrons. The highest BCUT2D eigenvalue weighted by molar-refractivity contribution is 5.79. The standard InChI is InChI=1S/C21H24N2O5/c1-21(2,3)14-6-4-12(5-7-14)16-8-13-10-23(20(26)22-19(13)28-16)18-9-15(25)17(11-24)27-18/h4-8,10,15,17-18,24-25H,9,11H2,1-3H3/t15-,17+,18+/m0/s1. The number of aliphatic hydroxyl groups excluding tert-OH is 2. The van der Waals surface area contributed by atoms with Crippen LogP contribution in [0.1, 0.15) is 39.0 Å². The van der Waals surface area contributed by atoms with Crippen molar-refractivity contribution in [3.8, 4) is 11.3 Å². The summed E-state index contributed by atoms with van der Waals surface area (Å²) in [6, 6.07) is 9.95. The van der Waals surface area contributed by atoms with E-state index in [4.69, 9.17) is 9.15 Å². The van der Waals surface area contributed by atoms with Crippen LogP contribution in [0.3, 0.4) is 0 Å². The van der Waals surface area contributed by atoms with Crippen molar-refractivity contribution in [2.45, 2.75) is 51.0 Å². The lowest BCUT2D eigenvalue weighted by Gasteiger charge is -2.18. The largest absolute Gasteiger partial charge is 0.437 e. The van der Waals surface area contributed by atoms with Crippen LogP contribution in [0.15, 0.2) is 45.7 Å². The average molecular weight is 384 g/mol. The summed E-state index contributed by atoms with van der Waals surface area (Å²) in [5.74, 6) is 0.626. The van der Waals surface area contributed by atoms with E-state index in [1.54, 1.807) is 6.20 Å². The van der Waals surface area contributed by atoms with Gasteiger partial charge in [-0.3, -0.25) is 4.57 Å². The lowest BCUT2D eigenvalue weighted by Crippen LogP contribution is -2.27. The highest BCUT2D eigenvalue weighted by atomic mass is 16.5. The molecule has 7 heteroatoms. The Balaban J connectivity index is 1.68. The van der Waals surface area contributed by atoms with E-state index in [2.05, 4.69) is 37.9 Å². The number of rotatable bonds is 3. The number of nitrogens with zero attached hydrogens (tertiary/aromatic N) is 2. The third kappa shape index (κ3) is 3.37. The van der Waals surface area contributed by atoms with Crippen molar-refractivity contribution in [1.82, 2.24) is 9.55 Å². The Bertz CT molecular complexity index is 1050. The molecule has 0 unspecified atom stereocenters.